The highest BCUT2D eigenvalue weighted by molar-refractivity contribution is 6.02. The van der Waals surface area contributed by atoms with Crippen LogP contribution in [0.3, 0.4) is 0 Å². The van der Waals surface area contributed by atoms with Crippen LogP contribution in [0.5, 0.6) is 0 Å². The molecule has 2 aromatic rings. The van der Waals surface area contributed by atoms with Crippen molar-refractivity contribution in [2.24, 2.45) is 11.5 Å². The number of primary amides is 1. The molecule has 1 saturated heterocycles. The van der Waals surface area contributed by atoms with E-state index in [0.29, 0.717) is 23.3 Å². The molecule has 0 aliphatic carbocycles. The lowest BCUT2D eigenvalue weighted by molar-refractivity contribution is 0.0995. The van der Waals surface area contributed by atoms with Crippen molar-refractivity contribution in [3.8, 4) is 6.07 Å². The van der Waals surface area contributed by atoms with Gasteiger partial charge in [0.05, 0.1) is 11.1 Å². The van der Waals surface area contributed by atoms with Crippen LogP contribution in [0.2, 0.25) is 0 Å². The number of amides is 1. The van der Waals surface area contributed by atoms with Crippen LogP contribution in [0.25, 0.3) is 11.0 Å². The molecule has 2 aromatic heterocycles. The summed E-state index contributed by atoms with van der Waals surface area (Å²) in [6.07, 6.45) is 3.50. The van der Waals surface area contributed by atoms with Crippen molar-refractivity contribution in [2.75, 3.05) is 18.0 Å². The Kier molecular flexibility index (Phi) is 3.23. The van der Waals surface area contributed by atoms with E-state index in [0.717, 1.165) is 19.4 Å². The quantitative estimate of drug-likeness (QED) is 0.729. The fourth-order valence-electron chi connectivity index (χ4n) is 2.80. The average molecular weight is 283 g/mol. The largest absolute Gasteiger partial charge is 0.368 e. The lowest BCUT2D eigenvalue weighted by atomic mass is 10.0. The molecule has 1 aliphatic heterocycles. The molecule has 1 radical (unpaired) electrons. The first-order chi connectivity index (χ1) is 10.1. The highest BCUT2D eigenvalue weighted by Crippen LogP contribution is 2.32. The fraction of sp³-hybridized carbons (Fsp3) is 0.357. The zero-order chi connectivity index (χ0) is 15.0. The molecule has 107 valence electrons. The number of rotatable bonds is 2. The van der Waals surface area contributed by atoms with Gasteiger partial charge in [0.25, 0.3) is 5.91 Å². The van der Waals surface area contributed by atoms with E-state index < -0.39 is 5.91 Å². The SMILES string of the molecule is N#Cc1c(C(N)=O)nc2[nH]c[c]c2c1N1CCC[C@@H](N)C1. The zero-order valence-corrected chi connectivity index (χ0v) is 11.4. The predicted molar refractivity (Wildman–Crippen MR) is 77.6 cm³/mol. The maximum Gasteiger partial charge on any atom is 0.268 e. The first-order valence-corrected chi connectivity index (χ1v) is 6.75. The van der Waals surface area contributed by atoms with Gasteiger partial charge in [-0.05, 0) is 12.8 Å². The normalized spacial score (nSPS) is 18.7. The molecule has 1 amide bonds. The van der Waals surface area contributed by atoms with E-state index >= 15 is 0 Å². The number of pyridine rings is 1. The number of nitrogens with zero attached hydrogens (tertiary/aromatic N) is 3. The number of anilines is 1. The van der Waals surface area contributed by atoms with Crippen molar-refractivity contribution in [1.29, 1.82) is 5.26 Å². The van der Waals surface area contributed by atoms with Crippen LogP contribution in [-0.4, -0.2) is 35.0 Å². The molecule has 0 spiro atoms. The summed E-state index contributed by atoms with van der Waals surface area (Å²) < 4.78 is 0. The van der Waals surface area contributed by atoms with Gasteiger partial charge in [0, 0.05) is 31.4 Å². The molecule has 0 unspecified atom stereocenters. The summed E-state index contributed by atoms with van der Waals surface area (Å²) in [4.78, 5) is 20.7. The first-order valence-electron chi connectivity index (χ1n) is 6.75. The van der Waals surface area contributed by atoms with E-state index in [1.807, 2.05) is 4.90 Å². The second kappa shape index (κ2) is 5.07. The van der Waals surface area contributed by atoms with Gasteiger partial charge in [0.1, 0.15) is 23.0 Å². The van der Waals surface area contributed by atoms with Crippen molar-refractivity contribution >= 4 is 22.6 Å². The Morgan fingerprint density at radius 1 is 1.62 bits per heavy atom. The van der Waals surface area contributed by atoms with Crippen LogP contribution in [0.1, 0.15) is 28.9 Å². The van der Waals surface area contributed by atoms with E-state index in [1.165, 1.54) is 0 Å². The highest BCUT2D eigenvalue weighted by atomic mass is 16.1. The lowest BCUT2D eigenvalue weighted by Gasteiger charge is -2.33. The highest BCUT2D eigenvalue weighted by Gasteiger charge is 2.26. The fourth-order valence-corrected chi connectivity index (χ4v) is 2.80. The molecule has 0 aromatic carbocycles. The Morgan fingerprint density at radius 2 is 2.43 bits per heavy atom. The van der Waals surface area contributed by atoms with Crippen molar-refractivity contribution in [2.45, 2.75) is 18.9 Å². The molecular formula is C14H15N6O. The number of hydrogen-bond donors (Lipinski definition) is 3. The summed E-state index contributed by atoms with van der Waals surface area (Å²) in [5.41, 5.74) is 12.7. The summed E-state index contributed by atoms with van der Waals surface area (Å²) in [5.74, 6) is -0.717. The molecule has 1 fully saturated rings. The van der Waals surface area contributed by atoms with E-state index in [-0.39, 0.29) is 17.3 Å². The summed E-state index contributed by atoms with van der Waals surface area (Å²) in [5, 5.41) is 10.1. The monoisotopic (exact) mass is 283 g/mol. The standard InChI is InChI=1S/C14H15N6O/c15-6-10-11(13(17)21)19-14-9(3-4-18-14)12(10)20-5-1-2-8(16)7-20/h4,8H,1-2,5,7,16H2,(H2,17,21)(H,18,19)/t8-/m1/s1. The van der Waals surface area contributed by atoms with Gasteiger partial charge in [-0.1, -0.05) is 0 Å². The molecule has 7 nitrogen and oxygen atoms in total. The van der Waals surface area contributed by atoms with Crippen molar-refractivity contribution in [3.05, 3.63) is 23.5 Å². The summed E-state index contributed by atoms with van der Waals surface area (Å²) in [7, 11) is 0. The molecule has 1 aliphatic rings. The number of piperidine rings is 1. The number of nitriles is 1. The Bertz CT molecular complexity index is 744. The molecule has 3 rings (SSSR count). The van der Waals surface area contributed by atoms with E-state index in [4.69, 9.17) is 11.5 Å². The number of carbonyl (C=O) groups is 1. The third kappa shape index (κ3) is 2.19. The van der Waals surface area contributed by atoms with Gasteiger partial charge in [0.15, 0.2) is 0 Å². The van der Waals surface area contributed by atoms with Crippen molar-refractivity contribution in [1.82, 2.24) is 9.97 Å². The smallest absolute Gasteiger partial charge is 0.268 e. The number of nitrogens with one attached hydrogen (secondary N) is 1. The van der Waals surface area contributed by atoms with Crippen molar-refractivity contribution in [3.63, 3.8) is 0 Å². The number of nitrogens with two attached hydrogens (primary N) is 2. The third-order valence-electron chi connectivity index (χ3n) is 3.72. The minimum Gasteiger partial charge on any atom is -0.368 e. The molecule has 0 saturated carbocycles. The van der Waals surface area contributed by atoms with Crippen LogP contribution in [0.15, 0.2) is 6.20 Å². The summed E-state index contributed by atoms with van der Waals surface area (Å²) in [6, 6.07) is 5.14. The Morgan fingerprint density at radius 3 is 3.10 bits per heavy atom. The topological polar surface area (TPSA) is 125 Å². The number of carbonyl (C=O) groups excluding carboxylic acids is 1. The van der Waals surface area contributed by atoms with E-state index in [9.17, 15) is 10.1 Å². The Hall–Kier alpha value is -2.59. The Labute approximate surface area is 121 Å². The molecule has 7 heteroatoms. The van der Waals surface area contributed by atoms with Crippen LogP contribution >= 0.6 is 0 Å². The predicted octanol–water partition coefficient (Wildman–Crippen LogP) is 0.261. The summed E-state index contributed by atoms with van der Waals surface area (Å²) >= 11 is 0. The van der Waals surface area contributed by atoms with Crippen LogP contribution in [0.4, 0.5) is 5.69 Å². The Balaban J connectivity index is 2.25. The lowest BCUT2D eigenvalue weighted by Crippen LogP contribution is -2.43. The van der Waals surface area contributed by atoms with Crippen LogP contribution in [0, 0.1) is 17.4 Å². The maximum absolute atomic E-state index is 11.6. The number of fused-ring (bicyclic) bond motifs is 1. The van der Waals surface area contributed by atoms with Gasteiger partial charge in [-0.2, -0.15) is 5.26 Å². The van der Waals surface area contributed by atoms with E-state index in [2.05, 4.69) is 22.1 Å². The third-order valence-corrected chi connectivity index (χ3v) is 3.72. The molecule has 3 heterocycles. The minimum atomic E-state index is -0.717. The number of aromatic amines is 1. The first kappa shape index (κ1) is 13.4. The summed E-state index contributed by atoms with van der Waals surface area (Å²) in [6.45, 7) is 1.41. The molecular weight excluding hydrogens is 268 g/mol. The zero-order valence-electron chi connectivity index (χ0n) is 11.4. The van der Waals surface area contributed by atoms with E-state index in [1.54, 1.807) is 6.20 Å². The molecule has 0 bridgehead atoms. The van der Waals surface area contributed by atoms with Crippen LogP contribution < -0.4 is 16.4 Å². The minimum absolute atomic E-state index is 0.0185. The van der Waals surface area contributed by atoms with Gasteiger partial charge in [0.2, 0.25) is 0 Å². The van der Waals surface area contributed by atoms with Gasteiger partial charge in [-0.25, -0.2) is 4.98 Å². The molecule has 5 N–H and O–H groups in total. The second-order valence-corrected chi connectivity index (χ2v) is 5.17. The number of H-pyrrole nitrogens is 1. The van der Waals surface area contributed by atoms with Gasteiger partial charge >= 0.3 is 0 Å². The van der Waals surface area contributed by atoms with Crippen molar-refractivity contribution < 1.29 is 4.79 Å². The maximum atomic E-state index is 11.6. The van der Waals surface area contributed by atoms with Gasteiger partial charge in [-0.3, -0.25) is 4.79 Å². The van der Waals surface area contributed by atoms with Gasteiger partial charge < -0.3 is 21.4 Å². The molecule has 21 heavy (non-hydrogen) atoms. The van der Waals surface area contributed by atoms with Gasteiger partial charge in [-0.15, -0.1) is 0 Å². The number of hydrogen-bond acceptors (Lipinski definition) is 5. The van der Waals surface area contributed by atoms with Crippen LogP contribution in [-0.2, 0) is 0 Å². The average Bonchev–Trinajstić information content (AvgIpc) is 2.92. The second-order valence-electron chi connectivity index (χ2n) is 5.17. The molecule has 1 atom stereocenters. The number of aromatic nitrogens is 2.